The van der Waals surface area contributed by atoms with Crippen LogP contribution in [0.3, 0.4) is 0 Å². The number of hydrogen-bond acceptors (Lipinski definition) is 1. The summed E-state index contributed by atoms with van der Waals surface area (Å²) in [7, 11) is 0. The van der Waals surface area contributed by atoms with E-state index in [0.29, 0.717) is 0 Å². The molecule has 0 saturated carbocycles. The van der Waals surface area contributed by atoms with Gasteiger partial charge in [-0.25, -0.2) is 0 Å². The molecule has 9 heavy (non-hydrogen) atoms. The summed E-state index contributed by atoms with van der Waals surface area (Å²) in [6.07, 6.45) is 0. The second-order valence-corrected chi connectivity index (χ2v) is 0.733. The van der Waals surface area contributed by atoms with Gasteiger partial charge in [0.1, 0.15) is 0 Å². The van der Waals surface area contributed by atoms with Crippen LogP contribution in [-0.4, -0.2) is 11.1 Å². The van der Waals surface area contributed by atoms with Crippen LogP contribution in [0.5, 0.6) is 0 Å². The topological polar surface area (TPSA) is 37.3 Å². The Bertz CT molecular complexity index is 61.3. The molecule has 0 amide bonds. The van der Waals surface area contributed by atoms with Crippen LogP contribution in [0, 0.1) is 6.68 Å². The van der Waals surface area contributed by atoms with E-state index in [1.807, 2.05) is 0 Å². The zero-order valence-electron chi connectivity index (χ0n) is 4.99. The number of rotatable bonds is 0. The summed E-state index contributed by atoms with van der Waals surface area (Å²) < 4.78 is 28.8. The van der Waals surface area contributed by atoms with Crippen molar-refractivity contribution in [3.05, 3.63) is 6.68 Å². The Morgan fingerprint density at radius 1 is 1.44 bits per heavy atom. The Kier molecular flexibility index (Phi) is 19.9. The van der Waals surface area contributed by atoms with Gasteiger partial charge in [0.15, 0.2) is 6.68 Å². The number of halogens is 3. The van der Waals surface area contributed by atoms with Crippen LogP contribution in [0.2, 0.25) is 0 Å². The van der Waals surface area contributed by atoms with Gasteiger partial charge in [0.25, 0.3) is 5.97 Å². The van der Waals surface area contributed by atoms with Crippen molar-refractivity contribution in [2.75, 3.05) is 0 Å². The minimum absolute atomic E-state index is 0. The average Bonchev–Trinajstić information content (AvgIpc) is 1.25. The van der Waals surface area contributed by atoms with E-state index in [9.17, 15) is 13.2 Å². The first-order valence-corrected chi connectivity index (χ1v) is 1.49. The molecule has 0 heterocycles. The van der Waals surface area contributed by atoms with Crippen molar-refractivity contribution in [2.24, 2.45) is 0 Å². The average molecular weight is 152 g/mol. The molecule has 6 heteroatoms. The van der Waals surface area contributed by atoms with E-state index in [1.165, 1.54) is 0 Å². The normalized spacial score (nSPS) is 6.78. The molecular weight excluding hydrogens is 148 g/mol. The minimum Gasteiger partial charge on any atom is -0.481 e. The van der Waals surface area contributed by atoms with Gasteiger partial charge in [0.05, 0.1) is 0 Å². The third-order valence-electron chi connectivity index (χ3n) is 0. The fraction of sp³-hybridized carbons (Fsp3) is 0.333. The smallest absolute Gasteiger partial charge is 0.481 e. The van der Waals surface area contributed by atoms with Crippen LogP contribution in [0.4, 0.5) is 13.2 Å². The summed E-state index contributed by atoms with van der Waals surface area (Å²) in [5.74, 6) is -0.833. The Hall–Kier alpha value is 0.260. The van der Waals surface area contributed by atoms with Gasteiger partial charge in [-0.15, -0.1) is 0 Å². The SMILES string of the molecule is CC(=O)O.F[C-](F)F.[Na+]. The van der Waals surface area contributed by atoms with E-state index in [0.717, 1.165) is 6.92 Å². The van der Waals surface area contributed by atoms with E-state index in [2.05, 4.69) is 0 Å². The largest absolute Gasteiger partial charge is 1.00 e. The quantitative estimate of drug-likeness (QED) is 0.336. The van der Waals surface area contributed by atoms with Crippen molar-refractivity contribution >= 4 is 5.97 Å². The van der Waals surface area contributed by atoms with E-state index in [-0.39, 0.29) is 29.6 Å². The summed E-state index contributed by atoms with van der Waals surface area (Å²) in [6, 6.07) is 0. The maximum atomic E-state index is 9.58. The number of hydrogen-bond donors (Lipinski definition) is 1. The molecule has 0 bridgehead atoms. The van der Waals surface area contributed by atoms with Crippen molar-refractivity contribution in [3.8, 4) is 0 Å². The Morgan fingerprint density at radius 2 is 1.44 bits per heavy atom. The van der Waals surface area contributed by atoms with Gasteiger partial charge < -0.3 is 18.3 Å². The molecule has 0 rings (SSSR count). The standard InChI is InChI=1S/C2H4O2.CF3.Na/c1-2(3)4;2-1(3)4;/h1H3,(H,3,4);;/q;-1;+1. The Labute approximate surface area is 72.3 Å². The Morgan fingerprint density at radius 3 is 1.44 bits per heavy atom. The van der Waals surface area contributed by atoms with Crippen LogP contribution in [0.1, 0.15) is 6.92 Å². The molecule has 1 N–H and O–H groups in total. The first kappa shape index (κ1) is 16.1. The van der Waals surface area contributed by atoms with Crippen molar-refractivity contribution < 1.29 is 52.6 Å². The zero-order valence-corrected chi connectivity index (χ0v) is 6.99. The predicted octanol–water partition coefficient (Wildman–Crippen LogP) is -1.56. The first-order valence-electron chi connectivity index (χ1n) is 1.49. The van der Waals surface area contributed by atoms with Crippen molar-refractivity contribution in [3.63, 3.8) is 0 Å². The maximum absolute atomic E-state index is 9.58. The summed E-state index contributed by atoms with van der Waals surface area (Å²) >= 11 is 0. The van der Waals surface area contributed by atoms with Gasteiger partial charge in [0.2, 0.25) is 0 Å². The van der Waals surface area contributed by atoms with Crippen LogP contribution >= 0.6 is 0 Å². The number of carbonyl (C=O) groups is 1. The van der Waals surface area contributed by atoms with Gasteiger partial charge in [0, 0.05) is 6.92 Å². The molecule has 0 radical (unpaired) electrons. The zero-order chi connectivity index (χ0) is 7.15. The van der Waals surface area contributed by atoms with Crippen LogP contribution in [0.25, 0.3) is 0 Å². The molecule has 0 spiro atoms. The second-order valence-electron chi connectivity index (χ2n) is 0.733. The number of aliphatic carboxylic acids is 1. The Balaban J connectivity index is -0.0000000720. The molecule has 2 nitrogen and oxygen atoms in total. The van der Waals surface area contributed by atoms with Gasteiger partial charge in [-0.3, -0.25) is 4.79 Å². The summed E-state index contributed by atoms with van der Waals surface area (Å²) in [5.41, 5.74) is 0. The van der Waals surface area contributed by atoms with E-state index >= 15 is 0 Å². The summed E-state index contributed by atoms with van der Waals surface area (Å²) in [6.45, 7) is -2.00. The second kappa shape index (κ2) is 11.1. The molecule has 0 aliphatic carbocycles. The summed E-state index contributed by atoms with van der Waals surface area (Å²) in [4.78, 5) is 9.00. The third kappa shape index (κ3) is 4790. The van der Waals surface area contributed by atoms with Gasteiger partial charge in [-0.2, -0.15) is 0 Å². The van der Waals surface area contributed by atoms with E-state index in [4.69, 9.17) is 9.90 Å². The predicted molar refractivity (Wildman–Crippen MR) is 19.9 cm³/mol. The molecule has 0 aromatic heterocycles. The van der Waals surface area contributed by atoms with Gasteiger partial charge in [-0.05, 0) is 0 Å². The maximum Gasteiger partial charge on any atom is 1.00 e. The molecular formula is C3H4F3NaO2. The van der Waals surface area contributed by atoms with Gasteiger partial charge in [-0.1, -0.05) is 0 Å². The third-order valence-corrected chi connectivity index (χ3v) is 0. The van der Waals surface area contributed by atoms with E-state index < -0.39 is 12.6 Å². The van der Waals surface area contributed by atoms with Crippen molar-refractivity contribution in [1.82, 2.24) is 0 Å². The molecule has 0 saturated heterocycles. The first-order chi connectivity index (χ1) is 3.46. The van der Waals surface area contributed by atoms with Crippen LogP contribution < -0.4 is 29.6 Å². The molecule has 0 aromatic rings. The molecule has 0 aliphatic rings. The fourth-order valence-electron chi connectivity index (χ4n) is 0. The summed E-state index contributed by atoms with van der Waals surface area (Å²) in [5, 5.41) is 7.42. The molecule has 0 unspecified atom stereocenters. The minimum atomic E-state index is -3.08. The molecule has 0 atom stereocenters. The molecule has 0 aliphatic heterocycles. The molecule has 0 aromatic carbocycles. The van der Waals surface area contributed by atoms with Gasteiger partial charge >= 0.3 is 29.6 Å². The molecule has 50 valence electrons. The molecule has 0 fully saturated rings. The number of carboxylic acids is 1. The van der Waals surface area contributed by atoms with E-state index in [1.54, 1.807) is 0 Å². The van der Waals surface area contributed by atoms with Crippen molar-refractivity contribution in [1.29, 1.82) is 0 Å². The fourth-order valence-corrected chi connectivity index (χ4v) is 0. The van der Waals surface area contributed by atoms with Crippen LogP contribution in [-0.2, 0) is 4.79 Å². The number of carboxylic acid groups (broad SMARTS) is 1. The van der Waals surface area contributed by atoms with Crippen molar-refractivity contribution in [2.45, 2.75) is 6.92 Å². The van der Waals surface area contributed by atoms with Crippen LogP contribution in [0.15, 0.2) is 0 Å². The monoisotopic (exact) mass is 152 g/mol.